The molecule has 0 radical (unpaired) electrons. The van der Waals surface area contributed by atoms with E-state index in [2.05, 4.69) is 30.0 Å². The molecule has 0 unspecified atom stereocenters. The molecular formula is C10H14N2. The molecule has 0 aromatic carbocycles. The summed E-state index contributed by atoms with van der Waals surface area (Å²) in [5, 5.41) is 2.87. The van der Waals surface area contributed by atoms with Crippen LogP contribution >= 0.6 is 0 Å². The van der Waals surface area contributed by atoms with Crippen molar-refractivity contribution in [1.82, 2.24) is 5.32 Å². The minimum absolute atomic E-state index is 0.735. The highest BCUT2D eigenvalue weighted by Gasteiger charge is 1.90. The Morgan fingerprint density at radius 3 is 2.58 bits per heavy atom. The van der Waals surface area contributed by atoms with Gasteiger partial charge in [-0.3, -0.25) is 4.99 Å². The largest absolute Gasteiger partial charge is 0.347 e. The van der Waals surface area contributed by atoms with Gasteiger partial charge in [0.1, 0.15) is 0 Å². The second-order valence-corrected chi connectivity index (χ2v) is 2.13. The minimum atomic E-state index is 0.735. The van der Waals surface area contributed by atoms with E-state index in [9.17, 15) is 0 Å². The molecule has 0 spiro atoms. The maximum Gasteiger partial charge on any atom is 0.0864 e. The molecule has 0 bridgehead atoms. The average Bonchev–Trinajstić information content (AvgIpc) is 2.10. The standard InChI is InChI=1S/C10H14N2/c1-5-6-7-9(2)10(3)12-8-11-4/h5-8H,1-3H2,4H3,(H,11,12)/b7-6-. The van der Waals surface area contributed by atoms with Gasteiger partial charge in [-0.1, -0.05) is 38.0 Å². The molecule has 0 amide bonds. The summed E-state index contributed by atoms with van der Waals surface area (Å²) in [4.78, 5) is 3.76. The van der Waals surface area contributed by atoms with Gasteiger partial charge in [0, 0.05) is 12.7 Å². The zero-order chi connectivity index (χ0) is 9.40. The van der Waals surface area contributed by atoms with Gasteiger partial charge in [0.25, 0.3) is 0 Å². The zero-order valence-electron chi connectivity index (χ0n) is 7.38. The topological polar surface area (TPSA) is 24.4 Å². The first-order chi connectivity index (χ1) is 5.72. The van der Waals surface area contributed by atoms with E-state index in [1.807, 2.05) is 6.08 Å². The third kappa shape index (κ3) is 4.28. The van der Waals surface area contributed by atoms with E-state index < -0.39 is 0 Å². The number of aliphatic imine (C=N–C) groups is 1. The van der Waals surface area contributed by atoms with Crippen LogP contribution in [0.3, 0.4) is 0 Å². The van der Waals surface area contributed by atoms with Crippen molar-refractivity contribution in [3.05, 3.63) is 49.2 Å². The fraction of sp³-hybridized carbons (Fsp3) is 0.100. The minimum Gasteiger partial charge on any atom is -0.347 e. The summed E-state index contributed by atoms with van der Waals surface area (Å²) >= 11 is 0. The van der Waals surface area contributed by atoms with Crippen LogP contribution in [-0.4, -0.2) is 13.4 Å². The quantitative estimate of drug-likeness (QED) is 0.373. The van der Waals surface area contributed by atoms with Crippen LogP contribution in [0.5, 0.6) is 0 Å². The van der Waals surface area contributed by atoms with E-state index in [0.717, 1.165) is 11.3 Å². The molecule has 2 heteroatoms. The summed E-state index contributed by atoms with van der Waals surface area (Å²) in [5.41, 5.74) is 1.55. The van der Waals surface area contributed by atoms with E-state index in [4.69, 9.17) is 0 Å². The molecule has 0 aromatic heterocycles. The van der Waals surface area contributed by atoms with Crippen molar-refractivity contribution < 1.29 is 0 Å². The highest BCUT2D eigenvalue weighted by Crippen LogP contribution is 2.01. The molecule has 2 nitrogen and oxygen atoms in total. The molecule has 0 heterocycles. The smallest absolute Gasteiger partial charge is 0.0864 e. The fourth-order valence-electron chi connectivity index (χ4n) is 0.520. The van der Waals surface area contributed by atoms with Crippen molar-refractivity contribution in [2.24, 2.45) is 4.99 Å². The highest BCUT2D eigenvalue weighted by atomic mass is 14.9. The van der Waals surface area contributed by atoms with Crippen LogP contribution in [0, 0.1) is 0 Å². The molecule has 0 aliphatic rings. The lowest BCUT2D eigenvalue weighted by molar-refractivity contribution is 1.18. The number of hydrogen-bond acceptors (Lipinski definition) is 1. The van der Waals surface area contributed by atoms with Crippen LogP contribution in [0.15, 0.2) is 54.2 Å². The number of rotatable bonds is 5. The SMILES string of the molecule is C=C/C=C\C(=C)C(=C)NC=NC. The first kappa shape index (κ1) is 10.4. The fourth-order valence-corrected chi connectivity index (χ4v) is 0.520. The maximum atomic E-state index is 3.79. The molecule has 1 N–H and O–H groups in total. The van der Waals surface area contributed by atoms with E-state index in [-0.39, 0.29) is 0 Å². The lowest BCUT2D eigenvalue weighted by atomic mass is 10.2. The Kier molecular flexibility index (Phi) is 5.35. The predicted molar refractivity (Wildman–Crippen MR) is 55.2 cm³/mol. The van der Waals surface area contributed by atoms with Crippen molar-refractivity contribution in [3.8, 4) is 0 Å². The second-order valence-electron chi connectivity index (χ2n) is 2.13. The van der Waals surface area contributed by atoms with Crippen LogP contribution in [0.1, 0.15) is 0 Å². The summed E-state index contributed by atoms with van der Waals surface area (Å²) < 4.78 is 0. The molecule has 0 fully saturated rings. The molecule has 64 valence electrons. The lowest BCUT2D eigenvalue weighted by Gasteiger charge is -2.02. The van der Waals surface area contributed by atoms with Gasteiger partial charge >= 0.3 is 0 Å². The molecule has 0 atom stereocenters. The summed E-state index contributed by atoms with van der Waals surface area (Å²) in [6.07, 6.45) is 6.88. The first-order valence-electron chi connectivity index (χ1n) is 3.56. The van der Waals surface area contributed by atoms with Crippen LogP contribution in [-0.2, 0) is 0 Å². The van der Waals surface area contributed by atoms with Gasteiger partial charge in [0.05, 0.1) is 6.34 Å². The third-order valence-corrected chi connectivity index (χ3v) is 1.19. The Labute approximate surface area is 73.7 Å². The highest BCUT2D eigenvalue weighted by molar-refractivity contribution is 5.59. The molecule has 0 saturated carbocycles. The van der Waals surface area contributed by atoms with Crippen LogP contribution in [0.2, 0.25) is 0 Å². The summed E-state index contributed by atoms with van der Waals surface area (Å²) in [6, 6.07) is 0. The van der Waals surface area contributed by atoms with Gasteiger partial charge in [0.15, 0.2) is 0 Å². The van der Waals surface area contributed by atoms with Crippen molar-refractivity contribution in [2.75, 3.05) is 7.05 Å². The molecule has 0 aliphatic heterocycles. The Hall–Kier alpha value is -1.57. The average molecular weight is 162 g/mol. The Morgan fingerprint density at radius 2 is 2.08 bits per heavy atom. The summed E-state index contributed by atoms with van der Waals surface area (Å²) in [7, 11) is 1.68. The Morgan fingerprint density at radius 1 is 1.42 bits per heavy atom. The molecule has 12 heavy (non-hydrogen) atoms. The van der Waals surface area contributed by atoms with Crippen LogP contribution in [0.4, 0.5) is 0 Å². The molecule has 0 rings (SSSR count). The molecule has 0 saturated heterocycles. The zero-order valence-corrected chi connectivity index (χ0v) is 7.38. The third-order valence-electron chi connectivity index (χ3n) is 1.19. The van der Waals surface area contributed by atoms with Gasteiger partial charge in [-0.2, -0.15) is 0 Å². The lowest BCUT2D eigenvalue weighted by Crippen LogP contribution is -2.09. The van der Waals surface area contributed by atoms with Crippen molar-refractivity contribution in [2.45, 2.75) is 0 Å². The number of nitrogens with one attached hydrogen (secondary N) is 1. The van der Waals surface area contributed by atoms with Crippen LogP contribution < -0.4 is 5.32 Å². The number of hydrogen-bond donors (Lipinski definition) is 1. The van der Waals surface area contributed by atoms with Gasteiger partial charge in [-0.15, -0.1) is 0 Å². The van der Waals surface area contributed by atoms with Crippen molar-refractivity contribution >= 4 is 6.34 Å². The normalized spacial score (nSPS) is 10.4. The van der Waals surface area contributed by atoms with Crippen LogP contribution in [0.25, 0.3) is 0 Å². The maximum absolute atomic E-state index is 3.79. The van der Waals surface area contributed by atoms with Gasteiger partial charge in [0.2, 0.25) is 0 Å². The van der Waals surface area contributed by atoms with Crippen molar-refractivity contribution in [3.63, 3.8) is 0 Å². The van der Waals surface area contributed by atoms with E-state index in [1.54, 1.807) is 25.5 Å². The number of nitrogens with zero attached hydrogens (tertiary/aromatic N) is 1. The molecule has 0 aliphatic carbocycles. The second kappa shape index (κ2) is 6.16. The summed E-state index contributed by atoms with van der Waals surface area (Å²) in [5.74, 6) is 0. The molecular weight excluding hydrogens is 148 g/mol. The number of allylic oxidation sites excluding steroid dienone is 3. The predicted octanol–water partition coefficient (Wildman–Crippen LogP) is 2.05. The molecule has 0 aromatic rings. The van der Waals surface area contributed by atoms with Gasteiger partial charge in [-0.25, -0.2) is 0 Å². The van der Waals surface area contributed by atoms with E-state index >= 15 is 0 Å². The Bertz CT molecular complexity index is 234. The van der Waals surface area contributed by atoms with Gasteiger partial charge in [-0.05, 0) is 5.57 Å². The van der Waals surface area contributed by atoms with E-state index in [1.165, 1.54) is 0 Å². The first-order valence-corrected chi connectivity index (χ1v) is 3.56. The summed E-state index contributed by atoms with van der Waals surface area (Å²) in [6.45, 7) is 11.1. The van der Waals surface area contributed by atoms with Gasteiger partial charge < -0.3 is 5.32 Å². The van der Waals surface area contributed by atoms with E-state index in [0.29, 0.717) is 0 Å². The van der Waals surface area contributed by atoms with Crippen molar-refractivity contribution in [1.29, 1.82) is 0 Å². The monoisotopic (exact) mass is 162 g/mol. The Balaban J connectivity index is 4.02.